The minimum Gasteiger partial charge on any atom is -0.394 e. The van der Waals surface area contributed by atoms with Crippen molar-refractivity contribution in [2.75, 3.05) is 13.2 Å². The van der Waals surface area contributed by atoms with Crippen LogP contribution in [0.5, 0.6) is 0 Å². The fraction of sp³-hybridized carbons (Fsp3) is 0.900. The number of aliphatic hydroxyl groups excluding tert-OH is 1. The van der Waals surface area contributed by atoms with E-state index in [4.69, 9.17) is 5.11 Å². The van der Waals surface area contributed by atoms with E-state index in [1.165, 1.54) is 12.8 Å². The van der Waals surface area contributed by atoms with Gasteiger partial charge in [0.05, 0.1) is 13.2 Å². The van der Waals surface area contributed by atoms with E-state index in [9.17, 15) is 0 Å². The molecule has 0 fully saturated rings. The average Bonchev–Trinajstić information content (AvgIpc) is 2.03. The van der Waals surface area contributed by atoms with Crippen molar-refractivity contribution in [2.45, 2.75) is 33.6 Å². The van der Waals surface area contributed by atoms with Crippen LogP contribution in [0.15, 0.2) is 4.99 Å². The minimum absolute atomic E-state index is 0.160. The van der Waals surface area contributed by atoms with Crippen molar-refractivity contribution in [3.05, 3.63) is 0 Å². The van der Waals surface area contributed by atoms with Crippen molar-refractivity contribution >= 4 is 6.21 Å². The van der Waals surface area contributed by atoms with Crippen LogP contribution in [0.2, 0.25) is 0 Å². The van der Waals surface area contributed by atoms with Crippen LogP contribution < -0.4 is 0 Å². The van der Waals surface area contributed by atoms with Gasteiger partial charge in [0.15, 0.2) is 0 Å². The van der Waals surface area contributed by atoms with Crippen LogP contribution in [0.1, 0.15) is 33.6 Å². The third-order valence-electron chi connectivity index (χ3n) is 2.00. The monoisotopic (exact) mass is 171 g/mol. The van der Waals surface area contributed by atoms with Gasteiger partial charge in [0, 0.05) is 6.21 Å². The molecule has 72 valence electrons. The molecular weight excluding hydrogens is 150 g/mol. The van der Waals surface area contributed by atoms with Gasteiger partial charge < -0.3 is 5.11 Å². The molecule has 0 aromatic carbocycles. The van der Waals surface area contributed by atoms with Crippen LogP contribution in [0.4, 0.5) is 0 Å². The lowest BCUT2D eigenvalue weighted by Crippen LogP contribution is -2.10. The maximum absolute atomic E-state index is 8.53. The normalized spacial score (nSPS) is 14.4. The molecule has 0 aliphatic carbocycles. The summed E-state index contributed by atoms with van der Waals surface area (Å²) in [7, 11) is 0. The maximum atomic E-state index is 8.53. The van der Waals surface area contributed by atoms with Crippen LogP contribution in [0, 0.1) is 11.8 Å². The Morgan fingerprint density at radius 3 is 2.50 bits per heavy atom. The molecule has 0 saturated heterocycles. The second-order valence-corrected chi connectivity index (χ2v) is 3.48. The Morgan fingerprint density at radius 1 is 1.42 bits per heavy atom. The van der Waals surface area contributed by atoms with E-state index in [1.54, 1.807) is 0 Å². The summed E-state index contributed by atoms with van der Waals surface area (Å²) in [5.74, 6) is 1.24. The Balaban J connectivity index is 3.77. The van der Waals surface area contributed by atoms with E-state index in [-0.39, 0.29) is 6.61 Å². The zero-order valence-corrected chi connectivity index (χ0v) is 8.45. The van der Waals surface area contributed by atoms with Crippen molar-refractivity contribution in [2.24, 2.45) is 16.8 Å². The summed E-state index contributed by atoms with van der Waals surface area (Å²) in [5, 5.41) is 8.53. The van der Waals surface area contributed by atoms with Crippen molar-refractivity contribution in [1.82, 2.24) is 0 Å². The molecule has 0 aliphatic rings. The van der Waals surface area contributed by atoms with Crippen molar-refractivity contribution in [3.8, 4) is 0 Å². The first-order valence-electron chi connectivity index (χ1n) is 4.83. The third kappa shape index (κ3) is 5.30. The molecule has 0 bridgehead atoms. The molecule has 0 aromatic heterocycles. The van der Waals surface area contributed by atoms with Crippen LogP contribution in [-0.2, 0) is 0 Å². The number of aliphatic imine (C=N–C) groups is 1. The van der Waals surface area contributed by atoms with Crippen molar-refractivity contribution in [3.63, 3.8) is 0 Å². The zero-order valence-electron chi connectivity index (χ0n) is 8.45. The molecule has 2 heteroatoms. The number of hydrogen-bond donors (Lipinski definition) is 1. The highest BCUT2D eigenvalue weighted by Crippen LogP contribution is 2.14. The van der Waals surface area contributed by atoms with Crippen LogP contribution in [0.3, 0.4) is 0 Å². The largest absolute Gasteiger partial charge is 0.394 e. The van der Waals surface area contributed by atoms with Gasteiger partial charge in [0.1, 0.15) is 0 Å². The summed E-state index contributed by atoms with van der Waals surface area (Å²) in [6.07, 6.45) is 4.41. The van der Waals surface area contributed by atoms with Gasteiger partial charge in [-0.15, -0.1) is 0 Å². The van der Waals surface area contributed by atoms with Crippen LogP contribution in [0.25, 0.3) is 0 Å². The minimum atomic E-state index is 0.160. The summed E-state index contributed by atoms with van der Waals surface area (Å²) in [6.45, 7) is 7.33. The molecular formula is C10H21NO. The van der Waals surface area contributed by atoms with Gasteiger partial charge >= 0.3 is 0 Å². The Hall–Kier alpha value is -0.370. The molecule has 12 heavy (non-hydrogen) atoms. The summed E-state index contributed by atoms with van der Waals surface area (Å²) in [4.78, 5) is 4.16. The van der Waals surface area contributed by atoms with E-state index >= 15 is 0 Å². The molecule has 0 amide bonds. The van der Waals surface area contributed by atoms with E-state index < -0.39 is 0 Å². The summed E-state index contributed by atoms with van der Waals surface area (Å²) >= 11 is 0. The fourth-order valence-electron chi connectivity index (χ4n) is 1.18. The molecule has 0 saturated carbocycles. The summed E-state index contributed by atoms with van der Waals surface area (Å²) in [6, 6.07) is 0. The molecule has 0 radical (unpaired) electrons. The second-order valence-electron chi connectivity index (χ2n) is 3.48. The first kappa shape index (κ1) is 11.6. The molecule has 1 atom stereocenters. The number of nitrogens with zero attached hydrogens (tertiary/aromatic N) is 1. The highest BCUT2D eigenvalue weighted by atomic mass is 16.3. The summed E-state index contributed by atoms with van der Waals surface area (Å²) < 4.78 is 0. The van der Waals surface area contributed by atoms with Crippen molar-refractivity contribution in [1.29, 1.82) is 0 Å². The van der Waals surface area contributed by atoms with Gasteiger partial charge in [-0.05, 0) is 18.3 Å². The van der Waals surface area contributed by atoms with Gasteiger partial charge in [-0.25, -0.2) is 0 Å². The first-order chi connectivity index (χ1) is 5.72. The lowest BCUT2D eigenvalue weighted by molar-refractivity contribution is 0.306. The molecule has 0 heterocycles. The molecule has 0 aliphatic heterocycles. The Kier molecular flexibility index (Phi) is 7.06. The Labute approximate surface area is 75.7 Å². The molecule has 1 unspecified atom stereocenters. The first-order valence-corrected chi connectivity index (χ1v) is 4.83. The van der Waals surface area contributed by atoms with Crippen molar-refractivity contribution < 1.29 is 5.11 Å². The summed E-state index contributed by atoms with van der Waals surface area (Å²) in [5.41, 5.74) is 0. The number of hydrogen-bond acceptors (Lipinski definition) is 2. The van der Waals surface area contributed by atoms with E-state index in [1.807, 2.05) is 6.21 Å². The van der Waals surface area contributed by atoms with Crippen LogP contribution in [-0.4, -0.2) is 24.5 Å². The average molecular weight is 171 g/mol. The van der Waals surface area contributed by atoms with E-state index in [0.717, 1.165) is 0 Å². The van der Waals surface area contributed by atoms with Gasteiger partial charge in [-0.2, -0.15) is 0 Å². The maximum Gasteiger partial charge on any atom is 0.0626 e. The lowest BCUT2D eigenvalue weighted by atomic mass is 9.93. The van der Waals surface area contributed by atoms with Gasteiger partial charge in [-0.3, -0.25) is 4.99 Å². The molecule has 0 rings (SSSR count). The fourth-order valence-corrected chi connectivity index (χ4v) is 1.18. The smallest absolute Gasteiger partial charge is 0.0626 e. The molecule has 1 N–H and O–H groups in total. The predicted molar refractivity (Wildman–Crippen MR) is 53.7 cm³/mol. The molecule has 2 nitrogen and oxygen atoms in total. The number of rotatable bonds is 6. The molecule has 0 spiro atoms. The Morgan fingerprint density at radius 2 is 2.08 bits per heavy atom. The highest BCUT2D eigenvalue weighted by molar-refractivity contribution is 5.60. The third-order valence-corrected chi connectivity index (χ3v) is 2.00. The standard InChI is InChI=1S/C10H21NO/c1-4-5-10(9(2)3)8-11-6-7-12/h8-10,12H,4-7H2,1-3H3. The van der Waals surface area contributed by atoms with E-state index in [0.29, 0.717) is 18.4 Å². The second kappa shape index (κ2) is 7.29. The topological polar surface area (TPSA) is 32.6 Å². The van der Waals surface area contributed by atoms with Gasteiger partial charge in [-0.1, -0.05) is 27.2 Å². The molecule has 0 aromatic rings. The lowest BCUT2D eigenvalue weighted by Gasteiger charge is -2.14. The van der Waals surface area contributed by atoms with Crippen LogP contribution >= 0.6 is 0 Å². The Bertz CT molecular complexity index is 121. The quantitative estimate of drug-likeness (QED) is 0.610. The zero-order chi connectivity index (χ0) is 9.40. The highest BCUT2D eigenvalue weighted by Gasteiger charge is 2.08. The SMILES string of the molecule is CCCC(C=NCCO)C(C)C. The number of aliphatic hydroxyl groups is 1. The predicted octanol–water partition coefficient (Wildman–Crippen LogP) is 2.12. The van der Waals surface area contributed by atoms with Gasteiger partial charge in [0.25, 0.3) is 0 Å². The van der Waals surface area contributed by atoms with E-state index in [2.05, 4.69) is 25.8 Å². The van der Waals surface area contributed by atoms with Gasteiger partial charge in [0.2, 0.25) is 0 Å².